The monoisotopic (exact) mass is 363 g/mol. The standard InChI is InChI=1S/C20H21N5O2/c1-27-20(26)18-17(22)13(10-21)11-25(18)14-7-8-15-16(9-14)24-19(23-15)12-5-3-2-4-6-12/h7-9,11-12H,2-6,22H2,1H3,(H,23,24). The molecule has 0 saturated heterocycles. The van der Waals surface area contributed by atoms with Gasteiger partial charge in [-0.15, -0.1) is 0 Å². The summed E-state index contributed by atoms with van der Waals surface area (Å²) >= 11 is 0. The van der Waals surface area contributed by atoms with Crippen LogP contribution in [0.2, 0.25) is 0 Å². The fraction of sp³-hybridized carbons (Fsp3) is 0.350. The average Bonchev–Trinajstić information content (AvgIpc) is 3.28. The zero-order chi connectivity index (χ0) is 19.0. The molecule has 2 heterocycles. The number of aromatic amines is 1. The van der Waals surface area contributed by atoms with Gasteiger partial charge >= 0.3 is 5.97 Å². The van der Waals surface area contributed by atoms with E-state index < -0.39 is 5.97 Å². The number of fused-ring (bicyclic) bond motifs is 1. The molecule has 4 rings (SSSR count). The van der Waals surface area contributed by atoms with Crippen LogP contribution in [0, 0.1) is 11.3 Å². The normalized spacial score (nSPS) is 15.0. The van der Waals surface area contributed by atoms with E-state index in [0.29, 0.717) is 5.92 Å². The van der Waals surface area contributed by atoms with Crippen LogP contribution in [0.1, 0.15) is 59.9 Å². The second-order valence-electron chi connectivity index (χ2n) is 6.94. The van der Waals surface area contributed by atoms with Crippen molar-refractivity contribution in [3.05, 3.63) is 41.5 Å². The largest absolute Gasteiger partial charge is 0.464 e. The third-order valence-electron chi connectivity index (χ3n) is 5.30. The number of methoxy groups -OCH3 is 1. The molecule has 27 heavy (non-hydrogen) atoms. The van der Waals surface area contributed by atoms with Crippen LogP contribution in [0.5, 0.6) is 0 Å². The molecule has 0 aliphatic heterocycles. The van der Waals surface area contributed by atoms with Gasteiger partial charge in [0.1, 0.15) is 11.9 Å². The number of anilines is 1. The fourth-order valence-electron chi connectivity index (χ4n) is 3.85. The Hall–Kier alpha value is -3.27. The summed E-state index contributed by atoms with van der Waals surface area (Å²) in [6, 6.07) is 7.71. The van der Waals surface area contributed by atoms with E-state index in [0.717, 1.165) is 22.5 Å². The summed E-state index contributed by atoms with van der Waals surface area (Å²) in [5, 5.41) is 9.27. The summed E-state index contributed by atoms with van der Waals surface area (Å²) < 4.78 is 6.44. The van der Waals surface area contributed by atoms with Gasteiger partial charge in [-0.25, -0.2) is 9.78 Å². The minimum absolute atomic E-state index is 0.122. The molecule has 1 fully saturated rings. The van der Waals surface area contributed by atoms with Crippen LogP contribution in [0.3, 0.4) is 0 Å². The Labute approximate surface area is 156 Å². The van der Waals surface area contributed by atoms with Crippen molar-refractivity contribution in [2.24, 2.45) is 0 Å². The Morgan fingerprint density at radius 2 is 2.15 bits per heavy atom. The van der Waals surface area contributed by atoms with E-state index in [2.05, 4.69) is 4.98 Å². The first-order valence-corrected chi connectivity index (χ1v) is 9.11. The van der Waals surface area contributed by atoms with E-state index in [9.17, 15) is 10.1 Å². The predicted molar refractivity (Wildman–Crippen MR) is 102 cm³/mol. The number of H-pyrrole nitrogens is 1. The van der Waals surface area contributed by atoms with E-state index in [1.807, 2.05) is 24.3 Å². The van der Waals surface area contributed by atoms with Crippen molar-refractivity contribution in [3.8, 4) is 11.8 Å². The van der Waals surface area contributed by atoms with E-state index in [4.69, 9.17) is 15.5 Å². The van der Waals surface area contributed by atoms with Gasteiger partial charge in [0.2, 0.25) is 0 Å². The van der Waals surface area contributed by atoms with Gasteiger partial charge in [-0.05, 0) is 31.0 Å². The molecule has 138 valence electrons. The van der Waals surface area contributed by atoms with Gasteiger partial charge < -0.3 is 20.0 Å². The number of nitrogens with two attached hydrogens (primary N) is 1. The maximum Gasteiger partial charge on any atom is 0.357 e. The highest BCUT2D eigenvalue weighted by Crippen LogP contribution is 2.33. The summed E-state index contributed by atoms with van der Waals surface area (Å²) in [6.07, 6.45) is 7.68. The molecule has 0 unspecified atom stereocenters. The molecule has 0 amide bonds. The first-order chi connectivity index (χ1) is 13.1. The Kier molecular flexibility index (Phi) is 4.32. The lowest BCUT2D eigenvalue weighted by molar-refractivity contribution is 0.0593. The third kappa shape index (κ3) is 2.93. The highest BCUT2D eigenvalue weighted by Gasteiger charge is 2.23. The van der Waals surface area contributed by atoms with Crippen LogP contribution in [0.4, 0.5) is 5.69 Å². The van der Waals surface area contributed by atoms with Gasteiger partial charge in [0.05, 0.1) is 29.4 Å². The van der Waals surface area contributed by atoms with Crippen molar-refractivity contribution < 1.29 is 9.53 Å². The van der Waals surface area contributed by atoms with Crippen LogP contribution < -0.4 is 5.73 Å². The minimum atomic E-state index is -0.582. The van der Waals surface area contributed by atoms with Crippen molar-refractivity contribution >= 4 is 22.7 Å². The summed E-state index contributed by atoms with van der Waals surface area (Å²) in [5.41, 5.74) is 9.00. The molecule has 0 bridgehead atoms. The topological polar surface area (TPSA) is 110 Å². The van der Waals surface area contributed by atoms with Crippen LogP contribution in [0.25, 0.3) is 16.7 Å². The van der Waals surface area contributed by atoms with E-state index in [1.54, 1.807) is 10.8 Å². The second kappa shape index (κ2) is 6.80. The highest BCUT2D eigenvalue weighted by molar-refractivity contribution is 5.96. The number of nitrogens with zero attached hydrogens (tertiary/aromatic N) is 3. The summed E-state index contributed by atoms with van der Waals surface area (Å²) in [7, 11) is 1.29. The zero-order valence-electron chi connectivity index (χ0n) is 15.2. The number of carbonyl (C=O) groups excluding carboxylic acids is 1. The summed E-state index contributed by atoms with van der Waals surface area (Å²) in [4.78, 5) is 20.4. The molecule has 0 radical (unpaired) electrons. The number of carbonyl (C=O) groups is 1. The van der Waals surface area contributed by atoms with Crippen molar-refractivity contribution in [2.45, 2.75) is 38.0 Å². The van der Waals surface area contributed by atoms with Crippen molar-refractivity contribution in [3.63, 3.8) is 0 Å². The van der Waals surface area contributed by atoms with Crippen molar-refractivity contribution in [1.82, 2.24) is 14.5 Å². The average molecular weight is 363 g/mol. The first kappa shape index (κ1) is 17.2. The van der Waals surface area contributed by atoms with Gasteiger partial charge in [0.25, 0.3) is 0 Å². The van der Waals surface area contributed by atoms with Crippen molar-refractivity contribution in [1.29, 1.82) is 5.26 Å². The number of hydrogen-bond donors (Lipinski definition) is 2. The quantitative estimate of drug-likeness (QED) is 0.690. The molecule has 1 aromatic carbocycles. The Morgan fingerprint density at radius 1 is 1.37 bits per heavy atom. The number of hydrogen-bond acceptors (Lipinski definition) is 5. The lowest BCUT2D eigenvalue weighted by atomic mass is 9.89. The van der Waals surface area contributed by atoms with Crippen LogP contribution in [-0.2, 0) is 4.74 Å². The van der Waals surface area contributed by atoms with Gasteiger partial charge in [0, 0.05) is 17.8 Å². The van der Waals surface area contributed by atoms with Gasteiger partial charge in [-0.3, -0.25) is 0 Å². The smallest absolute Gasteiger partial charge is 0.357 e. The van der Waals surface area contributed by atoms with Gasteiger partial charge in [0.15, 0.2) is 5.69 Å². The minimum Gasteiger partial charge on any atom is -0.464 e. The molecule has 0 atom stereocenters. The third-order valence-corrected chi connectivity index (χ3v) is 5.30. The maximum absolute atomic E-state index is 12.2. The van der Waals surface area contributed by atoms with E-state index >= 15 is 0 Å². The summed E-state index contributed by atoms with van der Waals surface area (Å²) in [6.45, 7) is 0. The van der Waals surface area contributed by atoms with E-state index in [-0.39, 0.29) is 16.9 Å². The molecule has 2 aromatic heterocycles. The van der Waals surface area contributed by atoms with Gasteiger partial charge in [-0.1, -0.05) is 19.3 Å². The van der Waals surface area contributed by atoms with E-state index in [1.165, 1.54) is 39.2 Å². The second-order valence-corrected chi connectivity index (χ2v) is 6.94. The molecule has 3 N–H and O–H groups in total. The van der Waals surface area contributed by atoms with Gasteiger partial charge in [-0.2, -0.15) is 5.26 Å². The van der Waals surface area contributed by atoms with Crippen LogP contribution in [-0.4, -0.2) is 27.6 Å². The fourth-order valence-corrected chi connectivity index (χ4v) is 3.85. The number of benzene rings is 1. The predicted octanol–water partition coefficient (Wildman–Crippen LogP) is 3.64. The lowest BCUT2D eigenvalue weighted by Crippen LogP contribution is -2.11. The number of nitrogen functional groups attached to an aromatic ring is 1. The van der Waals surface area contributed by atoms with Crippen LogP contribution in [0.15, 0.2) is 24.4 Å². The Morgan fingerprint density at radius 3 is 2.85 bits per heavy atom. The molecule has 7 nitrogen and oxygen atoms in total. The molecular formula is C20H21N5O2. The molecule has 1 aliphatic rings. The summed E-state index contributed by atoms with van der Waals surface area (Å²) in [5.74, 6) is 0.925. The van der Waals surface area contributed by atoms with Crippen molar-refractivity contribution in [2.75, 3.05) is 12.8 Å². The molecule has 3 aromatic rings. The molecule has 7 heteroatoms. The van der Waals surface area contributed by atoms with Crippen LogP contribution >= 0.6 is 0 Å². The zero-order valence-corrected chi connectivity index (χ0v) is 15.2. The maximum atomic E-state index is 12.2. The lowest BCUT2D eigenvalue weighted by Gasteiger charge is -2.18. The first-order valence-electron chi connectivity index (χ1n) is 9.11. The number of imidazole rings is 1. The number of ether oxygens (including phenoxy) is 1. The number of nitriles is 1. The SMILES string of the molecule is COC(=O)c1c(N)c(C#N)cn1-c1ccc2nc(C3CCCCC3)[nH]c2c1. The highest BCUT2D eigenvalue weighted by atomic mass is 16.5. The number of aromatic nitrogens is 3. The number of nitrogens with one attached hydrogen (secondary N) is 1. The number of rotatable bonds is 3. The number of esters is 1. The molecule has 0 spiro atoms. The Balaban J connectivity index is 1.78. The molecular weight excluding hydrogens is 342 g/mol. The molecule has 1 saturated carbocycles. The Bertz CT molecular complexity index is 1050. The molecule has 1 aliphatic carbocycles.